The Hall–Kier alpha value is -3.82. The van der Waals surface area contributed by atoms with Crippen LogP contribution in [0.5, 0.6) is 5.75 Å². The minimum Gasteiger partial charge on any atom is -0.494 e. The van der Waals surface area contributed by atoms with Gasteiger partial charge in [-0.1, -0.05) is 42.5 Å². The highest BCUT2D eigenvalue weighted by molar-refractivity contribution is 7.22. The summed E-state index contributed by atoms with van der Waals surface area (Å²) >= 11 is 1.45. The van der Waals surface area contributed by atoms with Gasteiger partial charge in [-0.2, -0.15) is 0 Å². The number of rotatable bonds is 7. The van der Waals surface area contributed by atoms with Gasteiger partial charge in [0, 0.05) is 48.6 Å². The van der Waals surface area contributed by atoms with E-state index in [4.69, 9.17) is 19.4 Å². The second-order valence-electron chi connectivity index (χ2n) is 9.44. The number of benzene rings is 2. The fraction of sp³-hybridized carbons (Fsp3) is 0.276. The minimum absolute atomic E-state index is 0.202. The molecule has 3 heterocycles. The van der Waals surface area contributed by atoms with Crippen molar-refractivity contribution in [2.45, 2.75) is 31.4 Å². The van der Waals surface area contributed by atoms with Gasteiger partial charge in [0.05, 0.1) is 18.6 Å². The molecule has 1 fully saturated rings. The van der Waals surface area contributed by atoms with Crippen LogP contribution in [0.15, 0.2) is 60.9 Å². The van der Waals surface area contributed by atoms with E-state index in [0.717, 1.165) is 51.3 Å². The second kappa shape index (κ2) is 10.2. The van der Waals surface area contributed by atoms with Gasteiger partial charge in [-0.25, -0.2) is 19.3 Å². The smallest absolute Gasteiger partial charge is 0.199 e. The third-order valence-electron chi connectivity index (χ3n) is 7.12. The summed E-state index contributed by atoms with van der Waals surface area (Å²) in [6.07, 6.45) is 6.68. The number of methoxy groups -OCH3 is 2. The topological polar surface area (TPSA) is 74.1 Å². The molecular formula is C29H28FN5O2S. The van der Waals surface area contributed by atoms with Crippen LogP contribution in [-0.4, -0.2) is 45.9 Å². The largest absolute Gasteiger partial charge is 0.494 e. The quantitative estimate of drug-likeness (QED) is 0.258. The Balaban J connectivity index is 1.63. The number of imidazole rings is 1. The summed E-state index contributed by atoms with van der Waals surface area (Å²) < 4.78 is 28.5. The second-order valence-corrected chi connectivity index (χ2v) is 10.4. The van der Waals surface area contributed by atoms with E-state index < -0.39 is 5.82 Å². The van der Waals surface area contributed by atoms with Crippen LogP contribution in [-0.2, 0) is 11.8 Å². The number of ether oxygens (including phenoxy) is 2. The van der Waals surface area contributed by atoms with E-state index in [-0.39, 0.29) is 17.9 Å². The maximum atomic E-state index is 15.7. The summed E-state index contributed by atoms with van der Waals surface area (Å²) in [5.74, 6) is 1.71. The summed E-state index contributed by atoms with van der Waals surface area (Å²) in [4.78, 5) is 16.0. The normalized spacial score (nSPS) is 17.3. The van der Waals surface area contributed by atoms with Crippen molar-refractivity contribution in [1.82, 2.24) is 19.5 Å². The van der Waals surface area contributed by atoms with E-state index in [2.05, 4.69) is 10.3 Å². The molecule has 2 atom stereocenters. The van der Waals surface area contributed by atoms with Crippen LogP contribution in [0.25, 0.3) is 43.4 Å². The molecule has 0 bridgehead atoms. The predicted molar refractivity (Wildman–Crippen MR) is 149 cm³/mol. The van der Waals surface area contributed by atoms with Crippen LogP contribution < -0.4 is 10.1 Å². The van der Waals surface area contributed by atoms with Crippen LogP contribution in [0.3, 0.4) is 0 Å². The molecule has 194 valence electrons. The molecule has 7 nitrogen and oxygen atoms in total. The molecule has 5 aromatic rings. The molecule has 0 aliphatic heterocycles. The molecule has 38 heavy (non-hydrogen) atoms. The molecule has 1 N–H and O–H groups in total. The van der Waals surface area contributed by atoms with E-state index >= 15 is 4.39 Å². The lowest BCUT2D eigenvalue weighted by Gasteiger charge is -2.16. The fourth-order valence-corrected chi connectivity index (χ4v) is 6.39. The van der Waals surface area contributed by atoms with Crippen LogP contribution >= 0.6 is 11.3 Å². The average molecular weight is 530 g/mol. The first-order valence-corrected chi connectivity index (χ1v) is 13.4. The highest BCUT2D eigenvalue weighted by atomic mass is 32.1. The first-order valence-electron chi connectivity index (χ1n) is 12.6. The summed E-state index contributed by atoms with van der Waals surface area (Å²) in [5, 5.41) is 4.57. The number of hydrogen-bond donors (Lipinski definition) is 1. The molecule has 1 aliphatic carbocycles. The first kappa shape index (κ1) is 24.5. The van der Waals surface area contributed by atoms with Gasteiger partial charge >= 0.3 is 0 Å². The molecule has 1 aliphatic rings. The molecular weight excluding hydrogens is 501 g/mol. The standard InChI is InChI=1S/C29H28FN5O2S/c1-35-15-14-31-28(35)27-33-26(32-18-12-13-19(16-18)36-2)23-22(17-8-5-4-6-9-17)25(38-29(23)34-27)20-10-7-11-21(37-3)24(20)30/h4-11,14-15,18-19H,12-13,16H2,1-3H3,(H,32,33,34)/t18?,19-/m1/s1. The van der Waals surface area contributed by atoms with Gasteiger partial charge in [-0.3, -0.25) is 0 Å². The Morgan fingerprint density at radius 1 is 1.05 bits per heavy atom. The highest BCUT2D eigenvalue weighted by Gasteiger charge is 2.29. The maximum absolute atomic E-state index is 15.7. The molecule has 0 radical (unpaired) electrons. The molecule has 2 aromatic carbocycles. The molecule has 0 amide bonds. The Morgan fingerprint density at radius 2 is 1.89 bits per heavy atom. The lowest BCUT2D eigenvalue weighted by Crippen LogP contribution is -2.18. The van der Waals surface area contributed by atoms with Gasteiger partial charge in [0.15, 0.2) is 23.2 Å². The maximum Gasteiger partial charge on any atom is 0.199 e. The number of nitrogens with zero attached hydrogens (tertiary/aromatic N) is 4. The van der Waals surface area contributed by atoms with Crippen LogP contribution in [0.2, 0.25) is 0 Å². The summed E-state index contributed by atoms with van der Waals surface area (Å²) in [5.41, 5.74) is 2.33. The van der Waals surface area contributed by atoms with Gasteiger partial charge in [0.25, 0.3) is 0 Å². The van der Waals surface area contributed by atoms with Crippen LogP contribution in [0.1, 0.15) is 19.3 Å². The molecule has 1 saturated carbocycles. The Morgan fingerprint density at radius 3 is 2.61 bits per heavy atom. The number of aromatic nitrogens is 4. The van der Waals surface area contributed by atoms with Gasteiger partial charge in [-0.05, 0) is 30.9 Å². The number of halogens is 1. The molecule has 0 spiro atoms. The van der Waals surface area contributed by atoms with Crippen molar-refractivity contribution in [2.24, 2.45) is 7.05 Å². The van der Waals surface area contributed by atoms with Crippen molar-refractivity contribution < 1.29 is 13.9 Å². The van der Waals surface area contributed by atoms with Gasteiger partial charge in [0.2, 0.25) is 0 Å². The van der Waals surface area contributed by atoms with E-state index in [9.17, 15) is 0 Å². The number of fused-ring (bicyclic) bond motifs is 1. The highest BCUT2D eigenvalue weighted by Crippen LogP contribution is 2.48. The van der Waals surface area contributed by atoms with Crippen LogP contribution in [0, 0.1) is 5.82 Å². The van der Waals surface area contributed by atoms with E-state index in [1.807, 2.05) is 54.2 Å². The average Bonchev–Trinajstić information content (AvgIpc) is 3.67. The molecule has 9 heteroatoms. The SMILES string of the molecule is COc1cccc(-c2sc3nc(-c4nccn4C)nc(NC4CC[C@@H](OC)C4)c3c2-c2ccccc2)c1F. The third kappa shape index (κ3) is 4.31. The number of nitrogens with one attached hydrogen (secondary N) is 1. The Kier molecular flexibility index (Phi) is 6.55. The van der Waals surface area contributed by atoms with Crippen molar-refractivity contribution in [3.8, 4) is 39.0 Å². The summed E-state index contributed by atoms with van der Waals surface area (Å²) in [6, 6.07) is 15.5. The van der Waals surface area contributed by atoms with E-state index in [1.165, 1.54) is 18.4 Å². The number of hydrogen-bond acceptors (Lipinski definition) is 7. The minimum atomic E-state index is -0.399. The zero-order valence-corrected chi connectivity index (χ0v) is 22.3. The van der Waals surface area contributed by atoms with E-state index in [0.29, 0.717) is 17.2 Å². The number of anilines is 1. The van der Waals surface area contributed by atoms with Gasteiger partial charge < -0.3 is 19.4 Å². The lowest BCUT2D eigenvalue weighted by molar-refractivity contribution is 0.108. The van der Waals surface area contributed by atoms with Crippen molar-refractivity contribution in [1.29, 1.82) is 0 Å². The van der Waals surface area contributed by atoms with Gasteiger partial charge in [0.1, 0.15) is 10.6 Å². The lowest BCUT2D eigenvalue weighted by atomic mass is 9.99. The Bertz CT molecular complexity index is 1600. The zero-order valence-electron chi connectivity index (χ0n) is 21.4. The van der Waals surface area contributed by atoms with Crippen molar-refractivity contribution >= 4 is 27.4 Å². The molecule has 0 saturated heterocycles. The molecule has 6 rings (SSSR count). The Labute approximate surface area is 224 Å². The van der Waals surface area contributed by atoms with E-state index in [1.54, 1.807) is 25.4 Å². The summed E-state index contributed by atoms with van der Waals surface area (Å²) in [6.45, 7) is 0. The van der Waals surface area contributed by atoms with Gasteiger partial charge in [-0.15, -0.1) is 11.3 Å². The zero-order chi connectivity index (χ0) is 26.2. The van der Waals surface area contributed by atoms with Crippen molar-refractivity contribution in [3.05, 3.63) is 66.7 Å². The molecule has 3 aromatic heterocycles. The number of thiophene rings is 1. The summed E-state index contributed by atoms with van der Waals surface area (Å²) in [7, 11) is 5.16. The first-order chi connectivity index (χ1) is 18.6. The van der Waals surface area contributed by atoms with Crippen LogP contribution in [0.4, 0.5) is 10.2 Å². The number of aryl methyl sites for hydroxylation is 1. The van der Waals surface area contributed by atoms with Crippen molar-refractivity contribution in [2.75, 3.05) is 19.5 Å². The third-order valence-corrected chi connectivity index (χ3v) is 8.24. The fourth-order valence-electron chi connectivity index (χ4n) is 5.18. The van der Waals surface area contributed by atoms with Crippen molar-refractivity contribution in [3.63, 3.8) is 0 Å². The monoisotopic (exact) mass is 529 g/mol. The molecule has 1 unspecified atom stereocenters. The predicted octanol–water partition coefficient (Wildman–Crippen LogP) is 6.55.